The molecule has 2 atom stereocenters. The number of hydrogen-bond acceptors (Lipinski definition) is 2. The van der Waals surface area contributed by atoms with Crippen molar-refractivity contribution < 1.29 is 23.1 Å². The molecule has 1 aromatic rings. The Labute approximate surface area is 114 Å². The molecule has 0 aromatic heterocycles. The Balaban J connectivity index is 2.32. The predicted molar refractivity (Wildman–Crippen MR) is 67.3 cm³/mol. The molecule has 0 spiro atoms. The molecular formula is C14H16F3NO2. The molecule has 1 aliphatic carbocycles. The number of aliphatic carboxylic acids is 1. The van der Waals surface area contributed by atoms with E-state index in [0.29, 0.717) is 6.42 Å². The molecule has 0 heterocycles. The lowest BCUT2D eigenvalue weighted by Gasteiger charge is -2.34. The molecule has 0 saturated carbocycles. The van der Waals surface area contributed by atoms with Gasteiger partial charge in [0.25, 0.3) is 0 Å². The topological polar surface area (TPSA) is 63.3 Å². The first-order valence-electron chi connectivity index (χ1n) is 6.42. The number of alkyl halides is 3. The molecule has 0 radical (unpaired) electrons. The van der Waals surface area contributed by atoms with Crippen LogP contribution in [0.1, 0.15) is 36.3 Å². The average molecular weight is 287 g/mol. The zero-order valence-corrected chi connectivity index (χ0v) is 10.8. The highest BCUT2D eigenvalue weighted by Gasteiger charge is 2.59. The van der Waals surface area contributed by atoms with Gasteiger partial charge in [-0.2, -0.15) is 13.2 Å². The number of hydrogen-bond donors (Lipinski definition) is 2. The third-order valence-corrected chi connectivity index (χ3v) is 3.95. The smallest absolute Gasteiger partial charge is 0.417 e. The lowest BCUT2D eigenvalue weighted by Crippen LogP contribution is -2.60. The zero-order chi connectivity index (χ0) is 15.0. The van der Waals surface area contributed by atoms with Crippen LogP contribution in [0.25, 0.3) is 0 Å². The van der Waals surface area contributed by atoms with Crippen molar-refractivity contribution in [3.8, 4) is 0 Å². The van der Waals surface area contributed by atoms with E-state index in [1.165, 1.54) is 0 Å². The van der Waals surface area contributed by atoms with E-state index >= 15 is 0 Å². The minimum Gasteiger partial charge on any atom is -0.480 e. The summed E-state index contributed by atoms with van der Waals surface area (Å²) in [5.41, 5.74) is 3.76. The van der Waals surface area contributed by atoms with Gasteiger partial charge in [0.05, 0.1) is 0 Å². The third-order valence-electron chi connectivity index (χ3n) is 3.95. The second-order valence-electron chi connectivity index (χ2n) is 5.27. The molecule has 6 heteroatoms. The van der Waals surface area contributed by atoms with E-state index in [2.05, 4.69) is 0 Å². The lowest BCUT2D eigenvalue weighted by atomic mass is 9.76. The number of rotatable bonds is 3. The van der Waals surface area contributed by atoms with Gasteiger partial charge in [0.1, 0.15) is 0 Å². The Morgan fingerprint density at radius 1 is 1.35 bits per heavy atom. The molecule has 110 valence electrons. The monoisotopic (exact) mass is 287 g/mol. The highest BCUT2D eigenvalue weighted by Crippen LogP contribution is 2.41. The summed E-state index contributed by atoms with van der Waals surface area (Å²) in [6.45, 7) is 0. The van der Waals surface area contributed by atoms with Crippen molar-refractivity contribution in [1.82, 2.24) is 0 Å². The number of carboxylic acid groups (broad SMARTS) is 1. The molecule has 20 heavy (non-hydrogen) atoms. The fourth-order valence-electron chi connectivity index (χ4n) is 2.78. The van der Waals surface area contributed by atoms with E-state index in [4.69, 9.17) is 10.8 Å². The molecule has 0 bridgehead atoms. The van der Waals surface area contributed by atoms with Crippen molar-refractivity contribution in [3.63, 3.8) is 0 Å². The standard InChI is InChI=1S/C14H16F3NO2/c15-14(16,17)13(18,12(19)20)8-10-6-3-5-9-4-1-2-7-11(9)10/h1-2,4,7,10H,3,5-6,8,18H2,(H,19,20). The largest absolute Gasteiger partial charge is 0.480 e. The minimum absolute atomic E-state index is 0.470. The van der Waals surface area contributed by atoms with Crippen LogP contribution in [0.15, 0.2) is 24.3 Å². The summed E-state index contributed by atoms with van der Waals surface area (Å²) in [7, 11) is 0. The van der Waals surface area contributed by atoms with E-state index < -0.39 is 30.0 Å². The first-order chi connectivity index (χ1) is 9.25. The van der Waals surface area contributed by atoms with Crippen LogP contribution in [0.2, 0.25) is 0 Å². The Kier molecular flexibility index (Phi) is 3.77. The van der Waals surface area contributed by atoms with Gasteiger partial charge in [0, 0.05) is 0 Å². The maximum Gasteiger partial charge on any atom is 0.417 e. The Morgan fingerprint density at radius 2 is 2.00 bits per heavy atom. The molecule has 1 aliphatic rings. The van der Waals surface area contributed by atoms with Gasteiger partial charge >= 0.3 is 12.1 Å². The van der Waals surface area contributed by atoms with Crippen molar-refractivity contribution in [2.75, 3.05) is 0 Å². The molecule has 0 fully saturated rings. The SMILES string of the molecule is NC(CC1CCCc2ccccc21)(C(=O)O)C(F)(F)F. The van der Waals surface area contributed by atoms with Gasteiger partial charge in [-0.05, 0) is 42.7 Å². The van der Waals surface area contributed by atoms with Crippen LogP contribution < -0.4 is 5.73 Å². The van der Waals surface area contributed by atoms with Crippen LogP contribution in [0, 0.1) is 0 Å². The van der Waals surface area contributed by atoms with Gasteiger partial charge in [0.15, 0.2) is 0 Å². The first-order valence-corrected chi connectivity index (χ1v) is 6.42. The second kappa shape index (κ2) is 5.09. The molecule has 2 rings (SSSR count). The summed E-state index contributed by atoms with van der Waals surface area (Å²) in [6.07, 6.45) is -3.51. The normalized spacial score (nSPS) is 21.9. The van der Waals surface area contributed by atoms with Crippen molar-refractivity contribution in [1.29, 1.82) is 0 Å². The molecule has 0 amide bonds. The van der Waals surface area contributed by atoms with Crippen LogP contribution in [0.3, 0.4) is 0 Å². The van der Waals surface area contributed by atoms with Crippen molar-refractivity contribution in [3.05, 3.63) is 35.4 Å². The summed E-state index contributed by atoms with van der Waals surface area (Å²) in [4.78, 5) is 11.0. The number of carboxylic acids is 1. The highest BCUT2D eigenvalue weighted by molar-refractivity contribution is 5.79. The van der Waals surface area contributed by atoms with E-state index in [1.54, 1.807) is 12.1 Å². The van der Waals surface area contributed by atoms with Crippen molar-refractivity contribution in [2.45, 2.75) is 43.3 Å². The van der Waals surface area contributed by atoms with Crippen LogP contribution in [-0.2, 0) is 11.2 Å². The molecular weight excluding hydrogens is 271 g/mol. The molecule has 3 nitrogen and oxygen atoms in total. The van der Waals surface area contributed by atoms with Crippen molar-refractivity contribution >= 4 is 5.97 Å². The molecule has 2 unspecified atom stereocenters. The fourth-order valence-corrected chi connectivity index (χ4v) is 2.78. The zero-order valence-electron chi connectivity index (χ0n) is 10.8. The molecule has 1 aromatic carbocycles. The van der Waals surface area contributed by atoms with Crippen LogP contribution in [0.4, 0.5) is 13.2 Å². The summed E-state index contributed by atoms with van der Waals surface area (Å²) >= 11 is 0. The highest BCUT2D eigenvalue weighted by atomic mass is 19.4. The average Bonchev–Trinajstić information content (AvgIpc) is 2.37. The van der Waals surface area contributed by atoms with Gasteiger partial charge in [-0.25, -0.2) is 4.79 Å². The van der Waals surface area contributed by atoms with Gasteiger partial charge in [-0.1, -0.05) is 24.3 Å². The molecule has 0 saturated heterocycles. The Hall–Kier alpha value is -1.56. The molecule has 0 aliphatic heterocycles. The van der Waals surface area contributed by atoms with E-state index in [-0.39, 0.29) is 0 Å². The number of benzene rings is 1. The lowest BCUT2D eigenvalue weighted by molar-refractivity contribution is -0.204. The summed E-state index contributed by atoms with van der Waals surface area (Å²) in [6, 6.07) is 7.22. The van der Waals surface area contributed by atoms with Gasteiger partial charge < -0.3 is 10.8 Å². The minimum atomic E-state index is -4.97. The van der Waals surface area contributed by atoms with Gasteiger partial charge in [-0.3, -0.25) is 0 Å². The Morgan fingerprint density at radius 3 is 2.60 bits per heavy atom. The number of nitrogens with two attached hydrogens (primary N) is 1. The van der Waals surface area contributed by atoms with Gasteiger partial charge in [-0.15, -0.1) is 0 Å². The first kappa shape index (κ1) is 14.8. The van der Waals surface area contributed by atoms with Crippen LogP contribution >= 0.6 is 0 Å². The van der Waals surface area contributed by atoms with E-state index in [9.17, 15) is 18.0 Å². The maximum absolute atomic E-state index is 13.0. The van der Waals surface area contributed by atoms with E-state index in [0.717, 1.165) is 24.0 Å². The fraction of sp³-hybridized carbons (Fsp3) is 0.500. The van der Waals surface area contributed by atoms with Crippen LogP contribution in [0.5, 0.6) is 0 Å². The predicted octanol–water partition coefficient (Wildman–Crippen LogP) is 2.84. The summed E-state index contributed by atoms with van der Waals surface area (Å²) in [5.74, 6) is -2.49. The number of halogens is 3. The van der Waals surface area contributed by atoms with Crippen molar-refractivity contribution in [2.24, 2.45) is 5.73 Å². The van der Waals surface area contributed by atoms with E-state index in [1.807, 2.05) is 12.1 Å². The number of carbonyl (C=O) groups is 1. The second-order valence-corrected chi connectivity index (χ2v) is 5.27. The quantitative estimate of drug-likeness (QED) is 0.898. The van der Waals surface area contributed by atoms with Crippen LogP contribution in [-0.4, -0.2) is 22.8 Å². The maximum atomic E-state index is 13.0. The molecule has 3 N–H and O–H groups in total. The Bertz CT molecular complexity index is 515. The third kappa shape index (κ3) is 2.52. The number of fused-ring (bicyclic) bond motifs is 1. The number of aryl methyl sites for hydroxylation is 1. The van der Waals surface area contributed by atoms with Gasteiger partial charge in [0.2, 0.25) is 5.54 Å². The summed E-state index contributed by atoms with van der Waals surface area (Å²) < 4.78 is 38.9. The summed E-state index contributed by atoms with van der Waals surface area (Å²) in [5, 5.41) is 8.90.